The summed E-state index contributed by atoms with van der Waals surface area (Å²) in [4.78, 5) is 15.8. The van der Waals surface area contributed by atoms with E-state index in [0.29, 0.717) is 15.2 Å². The second kappa shape index (κ2) is 5.76. The third-order valence-corrected chi connectivity index (χ3v) is 3.81. The van der Waals surface area contributed by atoms with Crippen LogP contribution in [0.3, 0.4) is 0 Å². The van der Waals surface area contributed by atoms with Gasteiger partial charge in [-0.1, -0.05) is 41.0 Å². The molecule has 0 bridgehead atoms. The van der Waals surface area contributed by atoms with Gasteiger partial charge in [0.05, 0.1) is 23.0 Å². The van der Waals surface area contributed by atoms with E-state index in [1.807, 2.05) is 0 Å². The fraction of sp³-hybridized carbons (Fsp3) is 0.273. The van der Waals surface area contributed by atoms with Gasteiger partial charge in [0.25, 0.3) is 0 Å². The molecule has 2 rings (SSSR count). The summed E-state index contributed by atoms with van der Waals surface area (Å²) in [5, 5.41) is 4.42. The van der Waals surface area contributed by atoms with Gasteiger partial charge in [-0.15, -0.1) is 0 Å². The number of hydrogen-bond acceptors (Lipinski definition) is 3. The maximum Gasteiger partial charge on any atom is 0.230 e. The van der Waals surface area contributed by atoms with Gasteiger partial charge in [0.15, 0.2) is 5.17 Å². The number of nitrogens with zero attached hydrogens (tertiary/aromatic N) is 1. The zero-order valence-corrected chi connectivity index (χ0v) is 11.2. The molecular weight excluding hydrogens is 279 g/mol. The van der Waals surface area contributed by atoms with Crippen LogP contribution in [0.4, 0.5) is 0 Å². The third-order valence-electron chi connectivity index (χ3n) is 2.18. The lowest BCUT2D eigenvalue weighted by Crippen LogP contribution is -2.28. The molecule has 0 atom stereocenters. The van der Waals surface area contributed by atoms with Gasteiger partial charge in [-0.05, 0) is 17.7 Å². The third kappa shape index (κ3) is 3.63. The molecule has 1 N–H and O–H groups in total. The Kier molecular flexibility index (Phi) is 4.31. The Hall–Kier alpha value is -0.710. The van der Waals surface area contributed by atoms with Gasteiger partial charge in [-0.3, -0.25) is 9.79 Å². The minimum Gasteiger partial charge on any atom is -0.305 e. The van der Waals surface area contributed by atoms with Crippen molar-refractivity contribution in [3.8, 4) is 0 Å². The van der Waals surface area contributed by atoms with Crippen molar-refractivity contribution in [2.75, 3.05) is 12.3 Å². The SMILES string of the molecule is O=C(Cc1ccc(Cl)c(Cl)c1)NC1=NCCS1. The van der Waals surface area contributed by atoms with Gasteiger partial charge >= 0.3 is 0 Å². The van der Waals surface area contributed by atoms with E-state index in [1.54, 1.807) is 30.0 Å². The Balaban J connectivity index is 1.95. The molecule has 6 heteroatoms. The summed E-state index contributed by atoms with van der Waals surface area (Å²) in [5.74, 6) is 0.846. The summed E-state index contributed by atoms with van der Waals surface area (Å²) in [6.45, 7) is 0.771. The lowest BCUT2D eigenvalue weighted by atomic mass is 10.1. The molecule has 0 aromatic heterocycles. The molecule has 0 spiro atoms. The molecule has 17 heavy (non-hydrogen) atoms. The monoisotopic (exact) mass is 288 g/mol. The molecule has 1 amide bonds. The van der Waals surface area contributed by atoms with E-state index in [2.05, 4.69) is 10.3 Å². The number of thioether (sulfide) groups is 1. The van der Waals surface area contributed by atoms with E-state index in [-0.39, 0.29) is 12.3 Å². The normalized spacial score (nSPS) is 14.6. The van der Waals surface area contributed by atoms with Crippen molar-refractivity contribution in [1.29, 1.82) is 0 Å². The average Bonchev–Trinajstić information content (AvgIpc) is 2.76. The van der Waals surface area contributed by atoms with Gasteiger partial charge in [0.2, 0.25) is 5.91 Å². The summed E-state index contributed by atoms with van der Waals surface area (Å²) in [6, 6.07) is 5.18. The molecule has 1 aromatic rings. The number of carbonyl (C=O) groups excluding carboxylic acids is 1. The average molecular weight is 289 g/mol. The number of amides is 1. The molecule has 0 saturated carbocycles. The Morgan fingerprint density at radius 1 is 1.41 bits per heavy atom. The molecule has 1 aromatic carbocycles. The highest BCUT2D eigenvalue weighted by molar-refractivity contribution is 8.14. The van der Waals surface area contributed by atoms with Gasteiger partial charge in [-0.25, -0.2) is 0 Å². The zero-order valence-electron chi connectivity index (χ0n) is 8.87. The smallest absolute Gasteiger partial charge is 0.230 e. The van der Waals surface area contributed by atoms with Gasteiger partial charge in [0.1, 0.15) is 0 Å². The predicted octanol–water partition coefficient (Wildman–Crippen LogP) is 2.75. The zero-order chi connectivity index (χ0) is 12.3. The van der Waals surface area contributed by atoms with E-state index >= 15 is 0 Å². The van der Waals surface area contributed by atoms with Crippen molar-refractivity contribution >= 4 is 46.0 Å². The van der Waals surface area contributed by atoms with E-state index in [4.69, 9.17) is 23.2 Å². The second-order valence-corrected chi connectivity index (χ2v) is 5.41. The minimum absolute atomic E-state index is 0.0865. The van der Waals surface area contributed by atoms with Crippen LogP contribution in [0.25, 0.3) is 0 Å². The van der Waals surface area contributed by atoms with Crippen LogP contribution in [0, 0.1) is 0 Å². The summed E-state index contributed by atoms with van der Waals surface area (Å²) in [5.41, 5.74) is 0.834. The first-order chi connectivity index (χ1) is 8.15. The second-order valence-electron chi connectivity index (χ2n) is 3.51. The Morgan fingerprint density at radius 2 is 2.24 bits per heavy atom. The van der Waals surface area contributed by atoms with Gasteiger partial charge < -0.3 is 5.32 Å². The highest BCUT2D eigenvalue weighted by Gasteiger charge is 2.11. The number of aliphatic imine (C=N–C) groups is 1. The summed E-state index contributed by atoms with van der Waals surface area (Å²) in [6.07, 6.45) is 0.274. The molecule has 0 aliphatic carbocycles. The van der Waals surface area contributed by atoms with Crippen LogP contribution in [-0.2, 0) is 11.2 Å². The maximum absolute atomic E-state index is 11.7. The highest BCUT2D eigenvalue weighted by Crippen LogP contribution is 2.22. The van der Waals surface area contributed by atoms with Crippen LogP contribution in [0.1, 0.15) is 5.56 Å². The molecule has 1 aliphatic rings. The maximum atomic E-state index is 11.7. The van der Waals surface area contributed by atoms with Crippen LogP contribution in [-0.4, -0.2) is 23.4 Å². The molecule has 3 nitrogen and oxygen atoms in total. The summed E-state index contributed by atoms with van der Waals surface area (Å²) < 4.78 is 0. The molecule has 0 saturated heterocycles. The lowest BCUT2D eigenvalue weighted by Gasteiger charge is -2.05. The summed E-state index contributed by atoms with van der Waals surface area (Å²) >= 11 is 13.2. The minimum atomic E-state index is -0.0865. The van der Waals surface area contributed by atoms with Crippen molar-refractivity contribution < 1.29 is 4.79 Å². The predicted molar refractivity (Wildman–Crippen MR) is 73.1 cm³/mol. The van der Waals surface area contributed by atoms with Gasteiger partial charge in [-0.2, -0.15) is 0 Å². The summed E-state index contributed by atoms with van der Waals surface area (Å²) in [7, 11) is 0. The Labute approximate surface area is 114 Å². The first kappa shape index (κ1) is 12.7. The van der Waals surface area contributed by atoms with Crippen LogP contribution in [0.5, 0.6) is 0 Å². The van der Waals surface area contributed by atoms with Crippen LogP contribution < -0.4 is 5.32 Å². The number of carbonyl (C=O) groups is 1. The number of amidine groups is 1. The van der Waals surface area contributed by atoms with E-state index < -0.39 is 0 Å². The molecule has 0 radical (unpaired) electrons. The Morgan fingerprint density at radius 3 is 2.88 bits per heavy atom. The lowest BCUT2D eigenvalue weighted by molar-refractivity contribution is -0.119. The first-order valence-corrected chi connectivity index (χ1v) is 6.80. The van der Waals surface area contributed by atoms with Crippen molar-refractivity contribution in [2.45, 2.75) is 6.42 Å². The quantitative estimate of drug-likeness (QED) is 0.909. The number of hydrogen-bond donors (Lipinski definition) is 1. The standard InChI is InChI=1S/C11H10Cl2N2OS/c12-8-2-1-7(5-9(8)13)6-10(16)15-11-14-3-4-17-11/h1-2,5H,3-4,6H2,(H,14,15,16). The number of benzene rings is 1. The molecule has 0 fully saturated rings. The topological polar surface area (TPSA) is 41.5 Å². The van der Waals surface area contributed by atoms with E-state index in [1.165, 1.54) is 0 Å². The molecule has 1 aliphatic heterocycles. The molecule has 90 valence electrons. The van der Waals surface area contributed by atoms with E-state index in [9.17, 15) is 4.79 Å². The van der Waals surface area contributed by atoms with Crippen LogP contribution in [0.15, 0.2) is 23.2 Å². The molecule has 0 unspecified atom stereocenters. The molecule has 1 heterocycles. The first-order valence-electron chi connectivity index (χ1n) is 5.06. The van der Waals surface area contributed by atoms with Crippen molar-refractivity contribution in [1.82, 2.24) is 5.32 Å². The van der Waals surface area contributed by atoms with E-state index in [0.717, 1.165) is 17.9 Å². The fourth-order valence-electron chi connectivity index (χ4n) is 1.41. The number of halogens is 2. The molecular formula is C11H10Cl2N2OS. The van der Waals surface area contributed by atoms with Crippen molar-refractivity contribution in [3.05, 3.63) is 33.8 Å². The van der Waals surface area contributed by atoms with Crippen LogP contribution in [0.2, 0.25) is 10.0 Å². The van der Waals surface area contributed by atoms with Crippen molar-refractivity contribution in [3.63, 3.8) is 0 Å². The number of rotatable bonds is 2. The van der Waals surface area contributed by atoms with Crippen LogP contribution >= 0.6 is 35.0 Å². The highest BCUT2D eigenvalue weighted by atomic mass is 35.5. The van der Waals surface area contributed by atoms with Gasteiger partial charge in [0, 0.05) is 5.75 Å². The fourth-order valence-corrected chi connectivity index (χ4v) is 2.47. The largest absolute Gasteiger partial charge is 0.305 e. The number of nitrogens with one attached hydrogen (secondary N) is 1. The van der Waals surface area contributed by atoms with Crippen molar-refractivity contribution in [2.24, 2.45) is 4.99 Å². The Bertz CT molecular complexity index is 477.